The van der Waals surface area contributed by atoms with Crippen molar-refractivity contribution in [3.05, 3.63) is 29.8 Å². The Morgan fingerprint density at radius 3 is 2.55 bits per heavy atom. The number of primary sulfonamides is 1. The Labute approximate surface area is 183 Å². The molecule has 8 nitrogen and oxygen atoms in total. The number of fused-ring (bicyclic) bond motifs is 2. The number of hydrogen-bond acceptors (Lipinski definition) is 7. The van der Waals surface area contributed by atoms with Gasteiger partial charge in [-0.1, -0.05) is 26.0 Å². The lowest BCUT2D eigenvalue weighted by Gasteiger charge is -2.60. The molecule has 4 aliphatic heterocycles. The minimum Gasteiger partial charge on any atom is -0.348 e. The Kier molecular flexibility index (Phi) is 5.25. The van der Waals surface area contributed by atoms with Gasteiger partial charge in [0.15, 0.2) is 18.2 Å². The van der Waals surface area contributed by atoms with E-state index in [9.17, 15) is 8.42 Å². The molecule has 6 rings (SSSR count). The van der Waals surface area contributed by atoms with Crippen LogP contribution in [0.15, 0.2) is 29.2 Å². The summed E-state index contributed by atoms with van der Waals surface area (Å²) in [4.78, 5) is 12.0. The van der Waals surface area contributed by atoms with Crippen LogP contribution in [0, 0.1) is 23.7 Å². The zero-order valence-corrected chi connectivity index (χ0v) is 19.0. The third-order valence-corrected chi connectivity index (χ3v) is 8.69. The molecule has 1 saturated carbocycles. The zero-order valence-electron chi connectivity index (χ0n) is 18.2. The maximum atomic E-state index is 11.5. The van der Waals surface area contributed by atoms with E-state index in [0.717, 1.165) is 31.2 Å². The van der Waals surface area contributed by atoms with Crippen LogP contribution in [-0.4, -0.2) is 32.4 Å². The van der Waals surface area contributed by atoms with Gasteiger partial charge < -0.3 is 14.2 Å². The van der Waals surface area contributed by atoms with Crippen LogP contribution in [0.3, 0.4) is 0 Å². The number of rotatable bonds is 4. The van der Waals surface area contributed by atoms with E-state index in [0.29, 0.717) is 18.4 Å². The first-order valence-corrected chi connectivity index (χ1v) is 12.6. The summed E-state index contributed by atoms with van der Waals surface area (Å²) in [6, 6.07) is 6.38. The van der Waals surface area contributed by atoms with E-state index >= 15 is 0 Å². The average molecular weight is 454 g/mol. The van der Waals surface area contributed by atoms with Gasteiger partial charge in [-0.3, -0.25) is 0 Å². The van der Waals surface area contributed by atoms with Gasteiger partial charge in [0.25, 0.3) is 0 Å². The Morgan fingerprint density at radius 1 is 1.10 bits per heavy atom. The van der Waals surface area contributed by atoms with E-state index < -0.39 is 34.0 Å². The third kappa shape index (κ3) is 3.55. The first kappa shape index (κ1) is 21.8. The molecular formula is C22H31NO7S. The largest absolute Gasteiger partial charge is 0.348 e. The predicted octanol–water partition coefficient (Wildman–Crippen LogP) is 3.06. The van der Waals surface area contributed by atoms with Crippen LogP contribution in [0.2, 0.25) is 0 Å². The van der Waals surface area contributed by atoms with E-state index in [1.165, 1.54) is 12.1 Å². The normalized spacial score (nSPS) is 44.5. The summed E-state index contributed by atoms with van der Waals surface area (Å²) >= 11 is 0. The van der Waals surface area contributed by atoms with E-state index in [2.05, 4.69) is 13.8 Å². The van der Waals surface area contributed by atoms with Crippen LogP contribution in [0.25, 0.3) is 0 Å². The van der Waals surface area contributed by atoms with Crippen LogP contribution in [-0.2, 0) is 40.6 Å². The van der Waals surface area contributed by atoms with Crippen molar-refractivity contribution >= 4 is 10.0 Å². The molecule has 4 heterocycles. The van der Waals surface area contributed by atoms with Gasteiger partial charge in [-0.05, 0) is 55.7 Å². The fourth-order valence-corrected chi connectivity index (χ4v) is 6.53. The van der Waals surface area contributed by atoms with Crippen LogP contribution < -0.4 is 5.14 Å². The monoisotopic (exact) mass is 453 g/mol. The summed E-state index contributed by atoms with van der Waals surface area (Å²) in [6.07, 6.45) is 2.90. The van der Waals surface area contributed by atoms with Gasteiger partial charge in [0, 0.05) is 18.3 Å². The lowest BCUT2D eigenvalue weighted by molar-refractivity contribution is -0.577. The van der Waals surface area contributed by atoms with Gasteiger partial charge in [0.2, 0.25) is 15.8 Å². The first-order chi connectivity index (χ1) is 14.6. The van der Waals surface area contributed by atoms with Crippen LogP contribution in [0.4, 0.5) is 0 Å². The number of nitrogens with two attached hydrogens (primary N) is 1. The number of sulfonamides is 1. The second kappa shape index (κ2) is 7.48. The lowest BCUT2D eigenvalue weighted by atomic mass is 9.58. The SMILES string of the molecule is C[C@H]1[C@@H](OCc2ccc(S(N)(=O)=O)cc2)O[C@@H]2O[C@@]3(C)CC[C@H]4[C@H](C)CC[C@@H]1[C@@]24OO3. The molecule has 1 aliphatic carbocycles. The van der Waals surface area contributed by atoms with Gasteiger partial charge in [-0.15, -0.1) is 0 Å². The standard InChI is InChI=1S/C22H31NO7S/c1-13-4-9-18-14(2)19(26-12-15-5-7-16(8-6-15)31(23,24)25)27-20-22(18)17(13)10-11-21(3,28-20)29-30-22/h5-8,13-14,17-20H,4,9-12H2,1-3H3,(H2,23,24,25)/t13-,14-,17+,18+,19+,20-,21-,22-/m1/s1. The molecule has 8 atom stereocenters. The van der Waals surface area contributed by atoms with Crippen LogP contribution in [0.1, 0.15) is 52.0 Å². The number of hydrogen-bond donors (Lipinski definition) is 1. The van der Waals surface area contributed by atoms with Crippen molar-refractivity contribution in [2.24, 2.45) is 28.8 Å². The van der Waals surface area contributed by atoms with Gasteiger partial charge in [0.05, 0.1) is 11.5 Å². The summed E-state index contributed by atoms with van der Waals surface area (Å²) in [5, 5.41) is 5.17. The van der Waals surface area contributed by atoms with Crippen molar-refractivity contribution in [2.45, 2.75) is 81.9 Å². The summed E-state index contributed by atoms with van der Waals surface area (Å²) < 4.78 is 41.8. The minimum atomic E-state index is -3.71. The fourth-order valence-electron chi connectivity index (χ4n) is 6.02. The molecule has 5 fully saturated rings. The van der Waals surface area contributed by atoms with Crippen molar-refractivity contribution in [3.63, 3.8) is 0 Å². The molecule has 1 aromatic rings. The smallest absolute Gasteiger partial charge is 0.238 e. The summed E-state index contributed by atoms with van der Waals surface area (Å²) in [6.45, 7) is 6.62. The molecule has 2 N–H and O–H groups in total. The molecule has 2 bridgehead atoms. The van der Waals surface area contributed by atoms with Crippen molar-refractivity contribution in [3.8, 4) is 0 Å². The molecule has 1 aromatic carbocycles. The molecule has 0 unspecified atom stereocenters. The van der Waals surface area contributed by atoms with Crippen LogP contribution >= 0.6 is 0 Å². The quantitative estimate of drug-likeness (QED) is 0.698. The minimum absolute atomic E-state index is 0.0797. The summed E-state index contributed by atoms with van der Waals surface area (Å²) in [5.74, 6) is 0.299. The molecular weight excluding hydrogens is 422 g/mol. The molecule has 0 aromatic heterocycles. The third-order valence-electron chi connectivity index (χ3n) is 7.76. The highest BCUT2D eigenvalue weighted by Crippen LogP contribution is 2.60. The lowest BCUT2D eigenvalue weighted by Crippen LogP contribution is -2.70. The maximum Gasteiger partial charge on any atom is 0.238 e. The topological polar surface area (TPSA) is 106 Å². The second-order valence-corrected chi connectivity index (χ2v) is 11.3. The van der Waals surface area contributed by atoms with E-state index in [4.69, 9.17) is 29.1 Å². The summed E-state index contributed by atoms with van der Waals surface area (Å²) in [7, 11) is -3.71. The molecule has 9 heteroatoms. The van der Waals surface area contributed by atoms with Gasteiger partial charge in [-0.2, -0.15) is 0 Å². The fraction of sp³-hybridized carbons (Fsp3) is 0.727. The zero-order chi connectivity index (χ0) is 22.0. The molecule has 0 radical (unpaired) electrons. The van der Waals surface area contributed by atoms with Gasteiger partial charge in [0.1, 0.15) is 0 Å². The van der Waals surface area contributed by atoms with E-state index in [-0.39, 0.29) is 16.7 Å². The molecule has 0 amide bonds. The Balaban J connectivity index is 1.36. The number of benzene rings is 1. The Hall–Kier alpha value is -1.07. The molecule has 5 aliphatic rings. The molecule has 172 valence electrons. The van der Waals surface area contributed by atoms with Crippen molar-refractivity contribution in [1.29, 1.82) is 0 Å². The maximum absolute atomic E-state index is 11.5. The van der Waals surface area contributed by atoms with E-state index in [1.54, 1.807) is 12.1 Å². The second-order valence-electron chi connectivity index (χ2n) is 9.77. The predicted molar refractivity (Wildman–Crippen MR) is 109 cm³/mol. The van der Waals surface area contributed by atoms with E-state index in [1.807, 2.05) is 6.92 Å². The summed E-state index contributed by atoms with van der Waals surface area (Å²) in [5.41, 5.74) is 0.234. The molecule has 31 heavy (non-hydrogen) atoms. The van der Waals surface area contributed by atoms with Gasteiger partial charge >= 0.3 is 0 Å². The highest BCUT2D eigenvalue weighted by Gasteiger charge is 2.69. The Bertz CT molecular complexity index is 938. The average Bonchev–Trinajstić information content (AvgIpc) is 2.95. The highest BCUT2D eigenvalue weighted by molar-refractivity contribution is 7.89. The first-order valence-electron chi connectivity index (χ1n) is 11.1. The van der Waals surface area contributed by atoms with Crippen LogP contribution in [0.5, 0.6) is 0 Å². The van der Waals surface area contributed by atoms with Crippen molar-refractivity contribution in [1.82, 2.24) is 0 Å². The van der Waals surface area contributed by atoms with Crippen molar-refractivity contribution in [2.75, 3.05) is 0 Å². The highest BCUT2D eigenvalue weighted by atomic mass is 32.2. The number of ether oxygens (including phenoxy) is 3. The molecule has 1 spiro atoms. The Morgan fingerprint density at radius 2 is 1.84 bits per heavy atom. The van der Waals surface area contributed by atoms with Gasteiger partial charge in [-0.25, -0.2) is 23.3 Å². The molecule has 4 saturated heterocycles. The van der Waals surface area contributed by atoms with Crippen molar-refractivity contribution < 1.29 is 32.4 Å².